The van der Waals surface area contributed by atoms with Crippen LogP contribution in [0.25, 0.3) is 0 Å². The molecule has 7 heteroatoms. The number of aromatic nitrogens is 1. The molecule has 0 amide bonds. The third kappa shape index (κ3) is 3.29. The topological polar surface area (TPSA) is 34.1 Å². The van der Waals surface area contributed by atoms with Gasteiger partial charge in [-0.05, 0) is 28.1 Å². The normalized spacial score (nSPS) is 10.4. The van der Waals surface area contributed by atoms with Crippen LogP contribution in [0.1, 0.15) is 5.01 Å². The van der Waals surface area contributed by atoms with Gasteiger partial charge in [0, 0.05) is 5.02 Å². The smallest absolute Gasteiger partial charge is 0.156 e. The first kappa shape index (κ1) is 13.9. The fourth-order valence-electron chi connectivity index (χ4n) is 1.44. The first-order chi connectivity index (χ1) is 8.60. The summed E-state index contributed by atoms with van der Waals surface area (Å²) in [5, 5.41) is 4.75. The molecule has 2 aromatic rings. The van der Waals surface area contributed by atoms with Crippen molar-refractivity contribution >= 4 is 56.2 Å². The van der Waals surface area contributed by atoms with Crippen LogP contribution in [-0.2, 0) is 6.54 Å². The van der Waals surface area contributed by atoms with Crippen molar-refractivity contribution in [1.29, 1.82) is 0 Å². The van der Waals surface area contributed by atoms with Crippen molar-refractivity contribution in [3.8, 4) is 5.75 Å². The molecule has 1 aromatic carbocycles. The Morgan fingerprint density at radius 2 is 2.22 bits per heavy atom. The molecule has 0 spiro atoms. The number of nitrogens with one attached hydrogen (secondary N) is 1. The van der Waals surface area contributed by atoms with E-state index in [0.717, 1.165) is 15.2 Å². The minimum atomic E-state index is 0.570. The molecule has 18 heavy (non-hydrogen) atoms. The Morgan fingerprint density at radius 1 is 1.44 bits per heavy atom. The fraction of sp³-hybridized carbons (Fsp3) is 0.182. The summed E-state index contributed by atoms with van der Waals surface area (Å²) in [6.07, 6.45) is 1.63. The lowest BCUT2D eigenvalue weighted by Crippen LogP contribution is -2.01. The third-order valence-electron chi connectivity index (χ3n) is 2.17. The Hall–Kier alpha value is -0.490. The van der Waals surface area contributed by atoms with E-state index in [4.69, 9.17) is 27.9 Å². The molecule has 0 saturated carbocycles. The van der Waals surface area contributed by atoms with Gasteiger partial charge in [-0.15, -0.1) is 11.3 Å². The zero-order chi connectivity index (χ0) is 13.1. The van der Waals surface area contributed by atoms with Gasteiger partial charge < -0.3 is 10.1 Å². The minimum Gasteiger partial charge on any atom is -0.493 e. The predicted octanol–water partition coefficient (Wildman–Crippen LogP) is 4.83. The van der Waals surface area contributed by atoms with Crippen LogP contribution in [0, 0.1) is 0 Å². The molecule has 0 aliphatic heterocycles. The highest BCUT2D eigenvalue weighted by Crippen LogP contribution is 2.36. The lowest BCUT2D eigenvalue weighted by Gasteiger charge is -2.12. The number of hydrogen-bond acceptors (Lipinski definition) is 4. The zero-order valence-corrected chi connectivity index (χ0v) is 13.3. The number of nitrogens with zero attached hydrogens (tertiary/aromatic N) is 1. The van der Waals surface area contributed by atoms with Crippen molar-refractivity contribution in [1.82, 2.24) is 4.98 Å². The monoisotopic (exact) mass is 366 g/mol. The second-order valence-electron chi connectivity index (χ2n) is 3.38. The molecule has 0 atom stereocenters. The molecule has 96 valence electrons. The van der Waals surface area contributed by atoms with E-state index in [-0.39, 0.29) is 0 Å². The molecule has 2 rings (SSSR count). The largest absolute Gasteiger partial charge is 0.493 e. The third-order valence-corrected chi connectivity index (χ3v) is 4.09. The number of anilines is 1. The molecule has 0 aliphatic carbocycles. The van der Waals surface area contributed by atoms with Crippen LogP contribution in [-0.4, -0.2) is 12.1 Å². The first-order valence-electron chi connectivity index (χ1n) is 4.97. The summed E-state index contributed by atoms with van der Waals surface area (Å²) >= 11 is 16.7. The Kier molecular flexibility index (Phi) is 4.72. The van der Waals surface area contributed by atoms with Crippen LogP contribution >= 0.6 is 50.5 Å². The molecule has 0 unspecified atom stereocenters. The number of methoxy groups -OCH3 is 1. The molecule has 3 nitrogen and oxygen atoms in total. The highest BCUT2D eigenvalue weighted by atomic mass is 79.9. The summed E-state index contributed by atoms with van der Waals surface area (Å²) in [5.74, 6) is 0.710. The number of rotatable bonds is 4. The van der Waals surface area contributed by atoms with Gasteiger partial charge in [-0.2, -0.15) is 0 Å². The van der Waals surface area contributed by atoms with Gasteiger partial charge in [0.05, 0.1) is 30.0 Å². The number of benzene rings is 1. The van der Waals surface area contributed by atoms with Crippen LogP contribution < -0.4 is 10.1 Å². The van der Waals surface area contributed by atoms with E-state index < -0.39 is 0 Å². The predicted molar refractivity (Wildman–Crippen MR) is 80.2 cm³/mol. The molecule has 0 saturated heterocycles. The lowest BCUT2D eigenvalue weighted by molar-refractivity contribution is 0.414. The van der Waals surface area contributed by atoms with Crippen molar-refractivity contribution in [3.63, 3.8) is 0 Å². The molecule has 0 fully saturated rings. The van der Waals surface area contributed by atoms with Crippen LogP contribution in [0.5, 0.6) is 5.75 Å². The number of halogens is 3. The zero-order valence-electron chi connectivity index (χ0n) is 9.34. The molecule has 1 N–H and O–H groups in total. The number of thiazole rings is 1. The van der Waals surface area contributed by atoms with E-state index in [1.807, 2.05) is 0 Å². The average molecular weight is 368 g/mol. The van der Waals surface area contributed by atoms with Gasteiger partial charge in [-0.1, -0.05) is 23.2 Å². The Bertz CT molecular complexity index is 562. The summed E-state index contributed by atoms with van der Waals surface area (Å²) in [6, 6.07) is 3.59. The van der Waals surface area contributed by atoms with Crippen molar-refractivity contribution in [3.05, 3.63) is 37.2 Å². The van der Waals surface area contributed by atoms with E-state index in [2.05, 4.69) is 26.2 Å². The summed E-state index contributed by atoms with van der Waals surface area (Å²) in [5.41, 5.74) is 0.809. The standard InChI is InChI=1S/C11H9BrCl2N2OS/c1-17-11-7(12)2-6(13)3-8(11)15-5-10-16-4-9(14)18-10/h2-4,15H,5H2,1H3. The number of ether oxygens (including phenoxy) is 1. The number of hydrogen-bond donors (Lipinski definition) is 1. The quantitative estimate of drug-likeness (QED) is 0.839. The summed E-state index contributed by atoms with van der Waals surface area (Å²) in [7, 11) is 1.61. The second-order valence-corrected chi connectivity index (χ2v) is 6.42. The Balaban J connectivity index is 2.18. The van der Waals surface area contributed by atoms with Crippen molar-refractivity contribution in [2.24, 2.45) is 0 Å². The van der Waals surface area contributed by atoms with Gasteiger partial charge in [0.2, 0.25) is 0 Å². The van der Waals surface area contributed by atoms with Gasteiger partial charge in [0.25, 0.3) is 0 Å². The van der Waals surface area contributed by atoms with Crippen LogP contribution in [0.3, 0.4) is 0 Å². The average Bonchev–Trinajstić information content (AvgIpc) is 2.72. The first-order valence-corrected chi connectivity index (χ1v) is 7.34. The van der Waals surface area contributed by atoms with Crippen molar-refractivity contribution < 1.29 is 4.74 Å². The van der Waals surface area contributed by atoms with Crippen molar-refractivity contribution in [2.75, 3.05) is 12.4 Å². The Labute approximate surface area is 127 Å². The van der Waals surface area contributed by atoms with Crippen molar-refractivity contribution in [2.45, 2.75) is 6.54 Å². The van der Waals surface area contributed by atoms with Crippen LogP contribution in [0.2, 0.25) is 9.36 Å². The van der Waals surface area contributed by atoms with Gasteiger partial charge in [0.1, 0.15) is 9.34 Å². The van der Waals surface area contributed by atoms with E-state index in [0.29, 0.717) is 21.7 Å². The molecule has 1 heterocycles. The Morgan fingerprint density at radius 3 is 2.83 bits per heavy atom. The molecular formula is C11H9BrCl2N2OS. The highest BCUT2D eigenvalue weighted by molar-refractivity contribution is 9.10. The highest BCUT2D eigenvalue weighted by Gasteiger charge is 2.10. The van der Waals surface area contributed by atoms with Gasteiger partial charge in [-0.3, -0.25) is 0 Å². The fourth-order valence-corrected chi connectivity index (χ4v) is 3.31. The van der Waals surface area contributed by atoms with Crippen LogP contribution in [0.4, 0.5) is 5.69 Å². The molecule has 0 bridgehead atoms. The summed E-state index contributed by atoms with van der Waals surface area (Å²) < 4.78 is 6.79. The summed E-state index contributed by atoms with van der Waals surface area (Å²) in [6.45, 7) is 0.570. The maximum absolute atomic E-state index is 6.01. The van der Waals surface area contributed by atoms with Gasteiger partial charge >= 0.3 is 0 Å². The lowest BCUT2D eigenvalue weighted by atomic mass is 10.3. The second kappa shape index (κ2) is 6.10. The maximum atomic E-state index is 6.01. The van der Waals surface area contributed by atoms with Crippen LogP contribution in [0.15, 0.2) is 22.8 Å². The van der Waals surface area contributed by atoms with E-state index in [1.54, 1.807) is 25.4 Å². The molecule has 0 radical (unpaired) electrons. The molecule has 1 aromatic heterocycles. The molecular weight excluding hydrogens is 359 g/mol. The van der Waals surface area contributed by atoms with E-state index >= 15 is 0 Å². The van der Waals surface area contributed by atoms with Gasteiger partial charge in [-0.25, -0.2) is 4.98 Å². The van der Waals surface area contributed by atoms with E-state index in [9.17, 15) is 0 Å². The van der Waals surface area contributed by atoms with E-state index in [1.165, 1.54) is 11.3 Å². The molecule has 0 aliphatic rings. The maximum Gasteiger partial charge on any atom is 0.156 e. The minimum absolute atomic E-state index is 0.570. The SMILES string of the molecule is COc1c(Br)cc(Cl)cc1NCc1ncc(Cl)s1. The van der Waals surface area contributed by atoms with Gasteiger partial charge in [0.15, 0.2) is 5.75 Å². The summed E-state index contributed by atoms with van der Waals surface area (Å²) in [4.78, 5) is 4.17.